The van der Waals surface area contributed by atoms with Crippen LogP contribution in [0.5, 0.6) is 0 Å². The van der Waals surface area contributed by atoms with Crippen LogP contribution in [0, 0.1) is 10.1 Å². The zero-order chi connectivity index (χ0) is 13.1. The van der Waals surface area contributed by atoms with E-state index >= 15 is 0 Å². The molecule has 0 aliphatic carbocycles. The molecule has 1 unspecified atom stereocenters. The van der Waals surface area contributed by atoms with Crippen LogP contribution >= 0.6 is 0 Å². The van der Waals surface area contributed by atoms with Gasteiger partial charge in [-0.15, -0.1) is 0 Å². The van der Waals surface area contributed by atoms with Gasteiger partial charge in [0.1, 0.15) is 0 Å². The Morgan fingerprint density at radius 3 is 2.94 bits per heavy atom. The summed E-state index contributed by atoms with van der Waals surface area (Å²) in [4.78, 5) is 12.8. The van der Waals surface area contributed by atoms with Crippen molar-refractivity contribution in [3.63, 3.8) is 0 Å². The van der Waals surface area contributed by atoms with Gasteiger partial charge in [-0.25, -0.2) is 0 Å². The highest BCUT2D eigenvalue weighted by Gasteiger charge is 2.26. The van der Waals surface area contributed by atoms with Gasteiger partial charge in [0, 0.05) is 24.7 Å². The van der Waals surface area contributed by atoms with Crippen molar-refractivity contribution < 1.29 is 4.92 Å². The van der Waals surface area contributed by atoms with Crippen LogP contribution in [0.3, 0.4) is 0 Å². The van der Waals surface area contributed by atoms with Crippen molar-refractivity contribution in [2.24, 2.45) is 0 Å². The molecule has 5 nitrogen and oxygen atoms in total. The molecular weight excluding hydrogens is 230 g/mol. The highest BCUT2D eigenvalue weighted by molar-refractivity contribution is 5.35. The van der Waals surface area contributed by atoms with Crippen molar-refractivity contribution in [3.05, 3.63) is 39.9 Å². The molecule has 2 rings (SSSR count). The van der Waals surface area contributed by atoms with Crippen molar-refractivity contribution in [2.45, 2.75) is 32.5 Å². The van der Waals surface area contributed by atoms with Crippen LogP contribution < -0.4 is 5.32 Å². The van der Waals surface area contributed by atoms with Crippen LogP contribution in [0.4, 0.5) is 5.69 Å². The zero-order valence-corrected chi connectivity index (χ0v) is 10.8. The molecule has 1 saturated heterocycles. The lowest BCUT2D eigenvalue weighted by molar-refractivity contribution is -0.385. The largest absolute Gasteiger partial charge is 0.298 e. The molecule has 1 atom stereocenters. The first kappa shape index (κ1) is 13.0. The molecule has 0 radical (unpaired) electrons. The summed E-state index contributed by atoms with van der Waals surface area (Å²) in [6, 6.07) is 7.32. The lowest BCUT2D eigenvalue weighted by atomic mass is 10.1. The van der Waals surface area contributed by atoms with Gasteiger partial charge < -0.3 is 0 Å². The highest BCUT2D eigenvalue weighted by atomic mass is 16.6. The maximum atomic E-state index is 10.8. The molecule has 0 spiro atoms. The topological polar surface area (TPSA) is 58.4 Å². The third kappa shape index (κ3) is 2.68. The van der Waals surface area contributed by atoms with Gasteiger partial charge in [-0.2, -0.15) is 0 Å². The lowest BCUT2D eigenvalue weighted by Crippen LogP contribution is -2.47. The quantitative estimate of drug-likeness (QED) is 0.659. The van der Waals surface area contributed by atoms with Crippen molar-refractivity contribution in [1.29, 1.82) is 0 Å². The van der Waals surface area contributed by atoms with E-state index in [1.54, 1.807) is 12.1 Å². The molecule has 1 aromatic rings. The van der Waals surface area contributed by atoms with Gasteiger partial charge in [0.15, 0.2) is 0 Å². The number of rotatable bonds is 3. The summed E-state index contributed by atoms with van der Waals surface area (Å²) in [5.74, 6) is 0. The van der Waals surface area contributed by atoms with Crippen molar-refractivity contribution in [1.82, 2.24) is 10.2 Å². The molecule has 1 aliphatic heterocycles. The third-order valence-corrected chi connectivity index (χ3v) is 3.32. The fraction of sp³-hybridized carbons (Fsp3) is 0.538. The Balaban J connectivity index is 2.28. The summed E-state index contributed by atoms with van der Waals surface area (Å²) in [7, 11) is 0. The summed E-state index contributed by atoms with van der Waals surface area (Å²) in [5, 5.41) is 14.3. The highest BCUT2D eigenvalue weighted by Crippen LogP contribution is 2.26. The number of nitro benzene ring substituents is 1. The average Bonchev–Trinajstić information content (AvgIpc) is 2.39. The normalized spacial score (nSPS) is 21.2. The number of benzene rings is 1. The summed E-state index contributed by atoms with van der Waals surface area (Å²) < 4.78 is 0. The number of nitrogens with one attached hydrogen (secondary N) is 1. The standard InChI is InChI=1S/C13H19N3O2/c1-10(2)15-8-4-7-14-13(15)11-5-3-6-12(9-11)16(17)18/h3,5-6,9-10,13-14H,4,7-8H2,1-2H3. The number of hydrogen-bond donors (Lipinski definition) is 1. The zero-order valence-electron chi connectivity index (χ0n) is 10.8. The van der Waals surface area contributed by atoms with E-state index < -0.39 is 0 Å². The smallest absolute Gasteiger partial charge is 0.269 e. The van der Waals surface area contributed by atoms with E-state index in [9.17, 15) is 10.1 Å². The molecule has 0 amide bonds. The molecule has 0 bridgehead atoms. The first-order valence-electron chi connectivity index (χ1n) is 6.33. The minimum absolute atomic E-state index is 0.0821. The SMILES string of the molecule is CC(C)N1CCCNC1c1cccc([N+](=O)[O-])c1. The summed E-state index contributed by atoms with van der Waals surface area (Å²) in [5.41, 5.74) is 1.13. The molecule has 1 aromatic carbocycles. The van der Waals surface area contributed by atoms with Crippen molar-refractivity contribution in [3.8, 4) is 0 Å². The van der Waals surface area contributed by atoms with E-state index in [2.05, 4.69) is 24.1 Å². The van der Waals surface area contributed by atoms with E-state index in [-0.39, 0.29) is 16.8 Å². The van der Waals surface area contributed by atoms with Gasteiger partial charge in [-0.1, -0.05) is 12.1 Å². The molecule has 0 saturated carbocycles. The number of nitro groups is 1. The summed E-state index contributed by atoms with van der Waals surface area (Å²) in [6.07, 6.45) is 1.20. The Morgan fingerprint density at radius 1 is 1.50 bits per heavy atom. The molecule has 98 valence electrons. The molecule has 18 heavy (non-hydrogen) atoms. The second kappa shape index (κ2) is 5.46. The third-order valence-electron chi connectivity index (χ3n) is 3.32. The van der Waals surface area contributed by atoms with Crippen LogP contribution in [0.15, 0.2) is 24.3 Å². The fourth-order valence-electron chi connectivity index (χ4n) is 2.42. The Kier molecular flexibility index (Phi) is 3.93. The van der Waals surface area contributed by atoms with E-state index in [1.807, 2.05) is 6.07 Å². The molecule has 1 heterocycles. The van der Waals surface area contributed by atoms with Crippen LogP contribution in [-0.2, 0) is 0 Å². The Hall–Kier alpha value is -1.46. The van der Waals surface area contributed by atoms with Gasteiger partial charge in [0.05, 0.1) is 11.1 Å². The molecule has 0 aromatic heterocycles. The van der Waals surface area contributed by atoms with Crippen LogP contribution in [0.1, 0.15) is 32.0 Å². The monoisotopic (exact) mass is 249 g/mol. The molecule has 1 fully saturated rings. The van der Waals surface area contributed by atoms with Crippen LogP contribution in [-0.4, -0.2) is 29.0 Å². The fourth-order valence-corrected chi connectivity index (χ4v) is 2.42. The van der Waals surface area contributed by atoms with E-state index in [0.29, 0.717) is 6.04 Å². The summed E-state index contributed by atoms with van der Waals surface area (Å²) >= 11 is 0. The van der Waals surface area contributed by atoms with E-state index in [0.717, 1.165) is 25.1 Å². The summed E-state index contributed by atoms with van der Waals surface area (Å²) in [6.45, 7) is 6.28. The predicted octanol–water partition coefficient (Wildman–Crippen LogP) is 2.30. The molecule has 1 aliphatic rings. The second-order valence-electron chi connectivity index (χ2n) is 4.89. The van der Waals surface area contributed by atoms with Crippen LogP contribution in [0.2, 0.25) is 0 Å². The maximum absolute atomic E-state index is 10.8. The van der Waals surface area contributed by atoms with E-state index in [1.165, 1.54) is 6.07 Å². The van der Waals surface area contributed by atoms with Gasteiger partial charge in [0.25, 0.3) is 5.69 Å². The van der Waals surface area contributed by atoms with Gasteiger partial charge in [-0.05, 0) is 32.4 Å². The first-order valence-corrected chi connectivity index (χ1v) is 6.33. The van der Waals surface area contributed by atoms with Crippen molar-refractivity contribution in [2.75, 3.05) is 13.1 Å². The maximum Gasteiger partial charge on any atom is 0.269 e. The molecular formula is C13H19N3O2. The number of nitrogens with zero attached hydrogens (tertiary/aromatic N) is 2. The number of hydrogen-bond acceptors (Lipinski definition) is 4. The second-order valence-corrected chi connectivity index (χ2v) is 4.89. The van der Waals surface area contributed by atoms with Gasteiger partial charge in [-0.3, -0.25) is 20.3 Å². The molecule has 5 heteroatoms. The minimum Gasteiger partial charge on any atom is -0.298 e. The van der Waals surface area contributed by atoms with Gasteiger partial charge >= 0.3 is 0 Å². The van der Waals surface area contributed by atoms with Crippen LogP contribution in [0.25, 0.3) is 0 Å². The number of non-ortho nitro benzene ring substituents is 1. The van der Waals surface area contributed by atoms with Crippen molar-refractivity contribution >= 4 is 5.69 Å². The first-order chi connectivity index (χ1) is 8.59. The molecule has 1 N–H and O–H groups in total. The van der Waals surface area contributed by atoms with Gasteiger partial charge in [0.2, 0.25) is 0 Å². The van der Waals surface area contributed by atoms with E-state index in [4.69, 9.17) is 0 Å². The predicted molar refractivity (Wildman–Crippen MR) is 70.3 cm³/mol. The average molecular weight is 249 g/mol. The Bertz CT molecular complexity index is 434. The lowest BCUT2D eigenvalue weighted by Gasteiger charge is -2.39. The Morgan fingerprint density at radius 2 is 2.28 bits per heavy atom. The minimum atomic E-state index is -0.341. The Labute approximate surface area is 107 Å².